The van der Waals surface area contributed by atoms with Crippen molar-refractivity contribution in [3.8, 4) is 0 Å². The van der Waals surface area contributed by atoms with Crippen molar-refractivity contribution < 1.29 is 18.7 Å². The van der Waals surface area contributed by atoms with Gasteiger partial charge >= 0.3 is 0 Å². The summed E-state index contributed by atoms with van der Waals surface area (Å²) in [4.78, 5) is 26.3. The molecule has 1 unspecified atom stereocenters. The van der Waals surface area contributed by atoms with E-state index in [0.29, 0.717) is 6.54 Å². The quantitative estimate of drug-likeness (QED) is 0.890. The Morgan fingerprint density at radius 3 is 2.80 bits per heavy atom. The molecular weight excluding hydrogens is 323 g/mol. The molecule has 5 nitrogen and oxygen atoms in total. The van der Waals surface area contributed by atoms with Crippen molar-refractivity contribution in [2.45, 2.75) is 31.3 Å². The number of ether oxygens (including phenoxy) is 1. The van der Waals surface area contributed by atoms with Crippen LogP contribution in [0.4, 0.5) is 4.39 Å². The zero-order valence-corrected chi connectivity index (χ0v) is 14.1. The highest BCUT2D eigenvalue weighted by molar-refractivity contribution is 5.95. The minimum Gasteiger partial charge on any atom is -0.346 e. The lowest BCUT2D eigenvalue weighted by atomic mass is 9.93. The highest BCUT2D eigenvalue weighted by Gasteiger charge is 2.35. The van der Waals surface area contributed by atoms with Crippen LogP contribution in [0, 0.1) is 0 Å². The Bertz CT molecular complexity index is 717. The number of alkyl halides is 1. The molecule has 1 aromatic rings. The predicted octanol–water partition coefficient (Wildman–Crippen LogP) is 2.10. The fourth-order valence-electron chi connectivity index (χ4n) is 3.15. The summed E-state index contributed by atoms with van der Waals surface area (Å²) in [5.74, 6) is -2.21. The Labute approximate surface area is 146 Å². The fraction of sp³-hybridized carbons (Fsp3) is 0.368. The van der Waals surface area contributed by atoms with E-state index in [9.17, 15) is 14.0 Å². The van der Waals surface area contributed by atoms with Gasteiger partial charge in [-0.1, -0.05) is 48.1 Å². The predicted molar refractivity (Wildman–Crippen MR) is 91.1 cm³/mol. The summed E-state index contributed by atoms with van der Waals surface area (Å²) in [6.45, 7) is 0.419. The number of methoxy groups -OCH3 is 1. The molecule has 2 amide bonds. The minimum absolute atomic E-state index is 0.0360. The average Bonchev–Trinajstić information content (AvgIpc) is 2.60. The third-order valence-corrected chi connectivity index (χ3v) is 4.45. The number of hydrogen-bond acceptors (Lipinski definition) is 3. The lowest BCUT2D eigenvalue weighted by Gasteiger charge is -2.34. The zero-order chi connectivity index (χ0) is 17.9. The van der Waals surface area contributed by atoms with Gasteiger partial charge in [-0.15, -0.1) is 0 Å². The van der Waals surface area contributed by atoms with E-state index in [1.165, 1.54) is 18.1 Å². The van der Waals surface area contributed by atoms with Crippen molar-refractivity contribution in [1.29, 1.82) is 0 Å². The van der Waals surface area contributed by atoms with E-state index in [0.717, 1.165) is 11.1 Å². The van der Waals surface area contributed by atoms with E-state index < -0.39 is 11.9 Å². The van der Waals surface area contributed by atoms with E-state index in [1.54, 1.807) is 12.2 Å². The molecular formula is C19H21FN2O3. The van der Waals surface area contributed by atoms with E-state index in [-0.39, 0.29) is 31.2 Å². The van der Waals surface area contributed by atoms with Gasteiger partial charge in [-0.2, -0.15) is 0 Å². The third-order valence-electron chi connectivity index (χ3n) is 4.45. The number of allylic oxidation sites excluding steroid dienone is 2. The van der Waals surface area contributed by atoms with Crippen molar-refractivity contribution in [3.05, 3.63) is 59.7 Å². The molecule has 0 spiro atoms. The van der Waals surface area contributed by atoms with Gasteiger partial charge in [0.1, 0.15) is 6.04 Å². The first-order valence-electron chi connectivity index (χ1n) is 8.22. The largest absolute Gasteiger partial charge is 0.346 e. The van der Waals surface area contributed by atoms with Crippen LogP contribution in [0.5, 0.6) is 0 Å². The first-order valence-corrected chi connectivity index (χ1v) is 8.22. The number of rotatable bonds is 5. The Kier molecular flexibility index (Phi) is 4.99. The number of nitrogens with one attached hydrogen (secondary N) is 1. The van der Waals surface area contributed by atoms with Crippen molar-refractivity contribution in [2.75, 3.05) is 13.7 Å². The smallest absolute Gasteiger partial charge is 0.246 e. The van der Waals surface area contributed by atoms with Gasteiger partial charge in [-0.25, -0.2) is 4.39 Å². The summed E-state index contributed by atoms with van der Waals surface area (Å²) in [7, 11) is 1.31. The summed E-state index contributed by atoms with van der Waals surface area (Å²) in [5.41, 5.74) is 1.69. The molecule has 0 radical (unpaired) electrons. The third kappa shape index (κ3) is 4.14. The second-order valence-corrected chi connectivity index (χ2v) is 6.36. The Morgan fingerprint density at radius 2 is 2.08 bits per heavy atom. The van der Waals surface area contributed by atoms with E-state index >= 15 is 0 Å². The first-order chi connectivity index (χ1) is 12.0. The number of benzene rings is 1. The molecule has 2 atom stereocenters. The highest BCUT2D eigenvalue weighted by atomic mass is 19.2. The van der Waals surface area contributed by atoms with Gasteiger partial charge in [0.15, 0.2) is 0 Å². The molecule has 0 bridgehead atoms. The summed E-state index contributed by atoms with van der Waals surface area (Å²) >= 11 is 0. The van der Waals surface area contributed by atoms with Crippen LogP contribution in [0.3, 0.4) is 0 Å². The van der Waals surface area contributed by atoms with Crippen LogP contribution in [0.1, 0.15) is 18.4 Å². The molecule has 1 aliphatic heterocycles. The number of amides is 2. The molecule has 6 heteroatoms. The summed E-state index contributed by atoms with van der Waals surface area (Å²) in [5, 5.41) is 2.72. The first kappa shape index (κ1) is 17.4. The molecule has 1 aromatic carbocycles. The lowest BCUT2D eigenvalue weighted by molar-refractivity contribution is -0.144. The van der Waals surface area contributed by atoms with Crippen LogP contribution in [0.25, 0.3) is 0 Å². The van der Waals surface area contributed by atoms with Crippen LogP contribution < -0.4 is 5.32 Å². The van der Waals surface area contributed by atoms with E-state index in [1.807, 2.05) is 30.3 Å². The van der Waals surface area contributed by atoms with Gasteiger partial charge < -0.3 is 15.0 Å². The number of carbonyl (C=O) groups is 2. The van der Waals surface area contributed by atoms with Crippen molar-refractivity contribution in [2.24, 2.45) is 0 Å². The van der Waals surface area contributed by atoms with Gasteiger partial charge in [-0.3, -0.25) is 9.59 Å². The zero-order valence-electron chi connectivity index (χ0n) is 14.1. The molecule has 0 aromatic heterocycles. The number of hydrogen-bond donors (Lipinski definition) is 1. The van der Waals surface area contributed by atoms with Crippen molar-refractivity contribution in [1.82, 2.24) is 10.2 Å². The number of nitrogens with zero attached hydrogens (tertiary/aromatic N) is 1. The molecule has 25 heavy (non-hydrogen) atoms. The maximum Gasteiger partial charge on any atom is 0.246 e. The SMILES string of the molecule is COC1(F)C=CC=C(C[C@H]2NC(=O)CN(Cc3ccccc3)C2=O)C1. The summed E-state index contributed by atoms with van der Waals surface area (Å²) in [6.07, 6.45) is 5.03. The molecule has 1 fully saturated rings. The van der Waals surface area contributed by atoms with Gasteiger partial charge in [0, 0.05) is 20.1 Å². The van der Waals surface area contributed by atoms with Gasteiger partial charge in [0.2, 0.25) is 17.7 Å². The van der Waals surface area contributed by atoms with Crippen molar-refractivity contribution in [3.63, 3.8) is 0 Å². The highest BCUT2D eigenvalue weighted by Crippen LogP contribution is 2.30. The maximum absolute atomic E-state index is 14.3. The normalized spacial score (nSPS) is 26.4. The minimum atomic E-state index is -1.85. The lowest BCUT2D eigenvalue weighted by Crippen LogP contribution is -2.57. The monoisotopic (exact) mass is 344 g/mol. The van der Waals surface area contributed by atoms with E-state index in [4.69, 9.17) is 4.74 Å². The molecule has 0 saturated carbocycles. The number of halogens is 1. The Balaban J connectivity index is 1.69. The second-order valence-electron chi connectivity index (χ2n) is 6.36. The molecule has 1 aliphatic carbocycles. The summed E-state index contributed by atoms with van der Waals surface area (Å²) in [6, 6.07) is 8.85. The molecule has 1 saturated heterocycles. The topological polar surface area (TPSA) is 58.6 Å². The van der Waals surface area contributed by atoms with E-state index in [2.05, 4.69) is 5.32 Å². The molecule has 3 rings (SSSR count). The van der Waals surface area contributed by atoms with Gasteiger partial charge in [0.05, 0.1) is 6.54 Å². The summed E-state index contributed by atoms with van der Waals surface area (Å²) < 4.78 is 19.2. The average molecular weight is 344 g/mol. The molecule has 1 N–H and O–H groups in total. The van der Waals surface area contributed by atoms with Crippen LogP contribution in [0.15, 0.2) is 54.1 Å². The Hall–Kier alpha value is -2.47. The van der Waals surface area contributed by atoms with Crippen LogP contribution in [-0.4, -0.2) is 42.3 Å². The number of piperazine rings is 1. The van der Waals surface area contributed by atoms with Gasteiger partial charge in [-0.05, 0) is 18.1 Å². The molecule has 132 valence electrons. The van der Waals surface area contributed by atoms with Crippen LogP contribution in [-0.2, 0) is 20.9 Å². The number of carbonyl (C=O) groups excluding carboxylic acids is 2. The van der Waals surface area contributed by atoms with Gasteiger partial charge in [0.25, 0.3) is 0 Å². The fourth-order valence-corrected chi connectivity index (χ4v) is 3.15. The van der Waals surface area contributed by atoms with Crippen LogP contribution >= 0.6 is 0 Å². The van der Waals surface area contributed by atoms with Crippen LogP contribution in [0.2, 0.25) is 0 Å². The molecule has 2 aliphatic rings. The second kappa shape index (κ2) is 7.19. The molecule has 1 heterocycles. The standard InChI is InChI=1S/C19H21FN2O3/c1-25-19(20)9-5-8-15(11-19)10-16-18(24)22(13-17(23)21-16)12-14-6-3-2-4-7-14/h2-9,16H,10-13H2,1H3,(H,21,23)/t16-,19?/m1/s1. The van der Waals surface area contributed by atoms with Crippen molar-refractivity contribution >= 4 is 11.8 Å². The Morgan fingerprint density at radius 1 is 1.32 bits per heavy atom. The maximum atomic E-state index is 14.3.